The summed E-state index contributed by atoms with van der Waals surface area (Å²) in [4.78, 5) is 2.48. The highest BCUT2D eigenvalue weighted by Gasteiger charge is 2.23. The van der Waals surface area contributed by atoms with Crippen LogP contribution in [0, 0.1) is 5.41 Å². The Kier molecular flexibility index (Phi) is 4.51. The van der Waals surface area contributed by atoms with Crippen LogP contribution in [0.3, 0.4) is 0 Å². The Labute approximate surface area is 117 Å². The summed E-state index contributed by atoms with van der Waals surface area (Å²) in [6, 6.07) is 8.46. The summed E-state index contributed by atoms with van der Waals surface area (Å²) >= 11 is 0. The molecule has 2 nitrogen and oxygen atoms in total. The highest BCUT2D eigenvalue weighted by Crippen LogP contribution is 2.32. The fourth-order valence-corrected chi connectivity index (χ4v) is 2.82. The minimum atomic E-state index is -0.322. The van der Waals surface area contributed by atoms with Crippen LogP contribution in [-0.4, -0.2) is 18.2 Å². The number of benzene rings is 1. The van der Waals surface area contributed by atoms with E-state index in [0.29, 0.717) is 5.41 Å². The number of rotatable bonds is 3. The lowest BCUT2D eigenvalue weighted by Crippen LogP contribution is -2.24. The number of hydrogen-bond donors (Lipinski definition) is 1. The van der Waals surface area contributed by atoms with Gasteiger partial charge in [-0.3, -0.25) is 0 Å². The molecule has 1 heterocycles. The van der Waals surface area contributed by atoms with Crippen molar-refractivity contribution in [2.24, 2.45) is 5.41 Å². The third-order valence-electron chi connectivity index (χ3n) is 4.37. The fraction of sp³-hybridized carbons (Fsp3) is 0.647. The Balaban J connectivity index is 2.05. The Morgan fingerprint density at radius 3 is 2.47 bits per heavy atom. The van der Waals surface area contributed by atoms with Gasteiger partial charge in [-0.1, -0.05) is 32.9 Å². The lowest BCUT2D eigenvalue weighted by atomic mass is 9.85. The van der Waals surface area contributed by atoms with Crippen molar-refractivity contribution in [3.63, 3.8) is 0 Å². The first-order valence-electron chi connectivity index (χ1n) is 7.55. The highest BCUT2D eigenvalue weighted by atomic mass is 16.3. The molecule has 1 N–H and O–H groups in total. The van der Waals surface area contributed by atoms with E-state index in [1.165, 1.54) is 24.9 Å². The van der Waals surface area contributed by atoms with Crippen LogP contribution in [0.25, 0.3) is 0 Å². The molecule has 1 fully saturated rings. The molecule has 1 saturated heterocycles. The lowest BCUT2D eigenvalue weighted by Gasteiger charge is -2.25. The van der Waals surface area contributed by atoms with E-state index in [1.54, 1.807) is 0 Å². The molecule has 19 heavy (non-hydrogen) atoms. The van der Waals surface area contributed by atoms with E-state index in [-0.39, 0.29) is 6.10 Å². The van der Waals surface area contributed by atoms with E-state index in [4.69, 9.17) is 0 Å². The van der Waals surface area contributed by atoms with Gasteiger partial charge in [-0.25, -0.2) is 0 Å². The standard InChI is InChI=1S/C17H27NO/c1-4-16(19)14-6-8-15(9-7-14)18-12-5-10-17(2,3)11-13-18/h6-9,16,19H,4-5,10-13H2,1-3H3/t16-/m0/s1. The molecule has 0 unspecified atom stereocenters. The first kappa shape index (κ1) is 14.4. The molecule has 1 aliphatic rings. The van der Waals surface area contributed by atoms with Gasteiger partial charge in [0.2, 0.25) is 0 Å². The van der Waals surface area contributed by atoms with Crippen LogP contribution < -0.4 is 4.90 Å². The number of aliphatic hydroxyl groups excluding tert-OH is 1. The maximum atomic E-state index is 9.83. The molecule has 0 aliphatic carbocycles. The average Bonchev–Trinajstić information content (AvgIpc) is 2.59. The third-order valence-corrected chi connectivity index (χ3v) is 4.37. The van der Waals surface area contributed by atoms with Crippen LogP contribution in [0.15, 0.2) is 24.3 Å². The molecule has 2 rings (SSSR count). The van der Waals surface area contributed by atoms with Gasteiger partial charge in [-0.05, 0) is 48.8 Å². The minimum absolute atomic E-state index is 0.322. The first-order chi connectivity index (χ1) is 9.02. The molecule has 1 atom stereocenters. The van der Waals surface area contributed by atoms with Crippen LogP contribution in [0.5, 0.6) is 0 Å². The van der Waals surface area contributed by atoms with Crippen molar-refractivity contribution in [3.05, 3.63) is 29.8 Å². The Morgan fingerprint density at radius 2 is 1.84 bits per heavy atom. The molecular weight excluding hydrogens is 234 g/mol. The molecule has 0 spiro atoms. The van der Waals surface area contributed by atoms with Gasteiger partial charge < -0.3 is 10.0 Å². The Hall–Kier alpha value is -1.02. The summed E-state index contributed by atoms with van der Waals surface area (Å²) in [5, 5.41) is 9.83. The Bertz CT molecular complexity index is 396. The maximum Gasteiger partial charge on any atom is 0.0787 e. The number of hydrogen-bond acceptors (Lipinski definition) is 2. The summed E-state index contributed by atoms with van der Waals surface area (Å²) in [7, 11) is 0. The van der Waals surface area contributed by atoms with Crippen LogP contribution in [0.2, 0.25) is 0 Å². The van der Waals surface area contributed by atoms with Crippen molar-refractivity contribution < 1.29 is 5.11 Å². The first-order valence-corrected chi connectivity index (χ1v) is 7.55. The summed E-state index contributed by atoms with van der Waals surface area (Å²) in [6.07, 6.45) is 4.30. The van der Waals surface area contributed by atoms with Gasteiger partial charge in [0, 0.05) is 18.8 Å². The molecule has 0 aromatic heterocycles. The normalized spacial score (nSPS) is 20.9. The van der Waals surface area contributed by atoms with Crippen molar-refractivity contribution >= 4 is 5.69 Å². The van der Waals surface area contributed by atoms with Gasteiger partial charge in [0.05, 0.1) is 6.10 Å². The molecule has 1 aromatic carbocycles. The summed E-state index contributed by atoms with van der Waals surface area (Å²) in [6.45, 7) is 9.05. The smallest absolute Gasteiger partial charge is 0.0787 e. The Morgan fingerprint density at radius 1 is 1.16 bits per heavy atom. The molecule has 106 valence electrons. The molecular formula is C17H27NO. The van der Waals surface area contributed by atoms with Crippen molar-refractivity contribution in [2.75, 3.05) is 18.0 Å². The zero-order valence-electron chi connectivity index (χ0n) is 12.5. The van der Waals surface area contributed by atoms with E-state index < -0.39 is 0 Å². The van der Waals surface area contributed by atoms with Gasteiger partial charge in [-0.15, -0.1) is 0 Å². The van der Waals surface area contributed by atoms with Crippen molar-refractivity contribution in [1.29, 1.82) is 0 Å². The molecule has 0 saturated carbocycles. The summed E-state index contributed by atoms with van der Waals surface area (Å²) in [5.41, 5.74) is 2.80. The van der Waals surface area contributed by atoms with E-state index in [0.717, 1.165) is 25.1 Å². The SMILES string of the molecule is CC[C@H](O)c1ccc(N2CCCC(C)(C)CC2)cc1. The van der Waals surface area contributed by atoms with E-state index in [2.05, 4.69) is 43.0 Å². The zero-order valence-corrected chi connectivity index (χ0v) is 12.5. The second kappa shape index (κ2) is 5.96. The van der Waals surface area contributed by atoms with Crippen molar-refractivity contribution in [3.8, 4) is 0 Å². The second-order valence-corrected chi connectivity index (χ2v) is 6.52. The number of aliphatic hydroxyl groups is 1. The summed E-state index contributed by atoms with van der Waals surface area (Å²) in [5.74, 6) is 0. The maximum absolute atomic E-state index is 9.83. The van der Waals surface area contributed by atoms with E-state index in [1.807, 2.05) is 6.92 Å². The molecule has 0 radical (unpaired) electrons. The van der Waals surface area contributed by atoms with Crippen LogP contribution >= 0.6 is 0 Å². The quantitative estimate of drug-likeness (QED) is 0.883. The van der Waals surface area contributed by atoms with Gasteiger partial charge >= 0.3 is 0 Å². The van der Waals surface area contributed by atoms with Crippen molar-refractivity contribution in [2.45, 2.75) is 52.6 Å². The number of anilines is 1. The molecule has 1 aliphatic heterocycles. The molecule has 1 aromatic rings. The molecule has 2 heteroatoms. The average molecular weight is 261 g/mol. The molecule has 0 bridgehead atoms. The van der Waals surface area contributed by atoms with Gasteiger partial charge in [-0.2, -0.15) is 0 Å². The van der Waals surface area contributed by atoms with Gasteiger partial charge in [0.15, 0.2) is 0 Å². The largest absolute Gasteiger partial charge is 0.388 e. The predicted octanol–water partition coefficient (Wildman–Crippen LogP) is 4.15. The van der Waals surface area contributed by atoms with Crippen LogP contribution in [-0.2, 0) is 0 Å². The second-order valence-electron chi connectivity index (χ2n) is 6.52. The minimum Gasteiger partial charge on any atom is -0.388 e. The van der Waals surface area contributed by atoms with E-state index >= 15 is 0 Å². The van der Waals surface area contributed by atoms with Crippen LogP contribution in [0.1, 0.15) is 58.1 Å². The molecule has 0 amide bonds. The highest BCUT2D eigenvalue weighted by molar-refractivity contribution is 5.48. The van der Waals surface area contributed by atoms with Gasteiger partial charge in [0.25, 0.3) is 0 Å². The summed E-state index contributed by atoms with van der Waals surface area (Å²) < 4.78 is 0. The fourth-order valence-electron chi connectivity index (χ4n) is 2.82. The van der Waals surface area contributed by atoms with Gasteiger partial charge in [0.1, 0.15) is 0 Å². The monoisotopic (exact) mass is 261 g/mol. The van der Waals surface area contributed by atoms with E-state index in [9.17, 15) is 5.11 Å². The van der Waals surface area contributed by atoms with Crippen LogP contribution in [0.4, 0.5) is 5.69 Å². The number of nitrogens with zero attached hydrogens (tertiary/aromatic N) is 1. The topological polar surface area (TPSA) is 23.5 Å². The van der Waals surface area contributed by atoms with Crippen molar-refractivity contribution in [1.82, 2.24) is 0 Å². The zero-order chi connectivity index (χ0) is 13.9. The lowest BCUT2D eigenvalue weighted by molar-refractivity contribution is 0.173. The third kappa shape index (κ3) is 3.73. The predicted molar refractivity (Wildman–Crippen MR) is 81.5 cm³/mol.